The highest BCUT2D eigenvalue weighted by atomic mass is 127. The summed E-state index contributed by atoms with van der Waals surface area (Å²) in [5, 5.41) is 2.06. The molecule has 0 saturated carbocycles. The minimum Gasteiger partial charge on any atom is -0.370 e. The van der Waals surface area contributed by atoms with E-state index in [4.69, 9.17) is 11.5 Å². The van der Waals surface area contributed by atoms with E-state index < -0.39 is 0 Å². The van der Waals surface area contributed by atoms with E-state index in [1.807, 2.05) is 20.2 Å². The van der Waals surface area contributed by atoms with Crippen LogP contribution in [-0.2, 0) is 0 Å². The molecule has 0 fully saturated rings. The van der Waals surface area contributed by atoms with Crippen LogP contribution in [0.15, 0.2) is 22.5 Å². The third-order valence-electron chi connectivity index (χ3n) is 1.94. The van der Waals surface area contributed by atoms with E-state index in [0.717, 1.165) is 0 Å². The van der Waals surface area contributed by atoms with Gasteiger partial charge < -0.3 is 16.4 Å². The molecule has 1 atom stereocenters. The van der Waals surface area contributed by atoms with Crippen LogP contribution < -0.4 is 11.5 Å². The van der Waals surface area contributed by atoms with Crippen LogP contribution in [0.25, 0.3) is 0 Å². The zero-order chi connectivity index (χ0) is 10.6. The Bertz CT molecular complexity index is 293. The summed E-state index contributed by atoms with van der Waals surface area (Å²) in [6, 6.07) is 4.39. The van der Waals surface area contributed by atoms with E-state index in [1.54, 1.807) is 11.3 Å². The number of nitrogens with two attached hydrogens (primary N) is 2. The molecule has 1 rings (SSSR count). The molecule has 15 heavy (non-hydrogen) atoms. The predicted molar refractivity (Wildman–Crippen MR) is 76.8 cm³/mol. The van der Waals surface area contributed by atoms with Gasteiger partial charge in [0.25, 0.3) is 0 Å². The monoisotopic (exact) mass is 340 g/mol. The Balaban J connectivity index is 0.00000196. The first-order chi connectivity index (χ1) is 6.61. The summed E-state index contributed by atoms with van der Waals surface area (Å²) < 4.78 is 0. The van der Waals surface area contributed by atoms with Gasteiger partial charge in [0.05, 0.1) is 12.6 Å². The number of guanidine groups is 1. The number of rotatable bonds is 4. The Morgan fingerprint density at radius 3 is 2.60 bits per heavy atom. The molecule has 0 amide bonds. The highest BCUT2D eigenvalue weighted by Gasteiger charge is 2.13. The van der Waals surface area contributed by atoms with Gasteiger partial charge in [0.1, 0.15) is 0 Å². The molecule has 4 nitrogen and oxygen atoms in total. The number of halogens is 1. The van der Waals surface area contributed by atoms with Crippen LogP contribution in [0.2, 0.25) is 0 Å². The molecule has 1 heterocycles. The first-order valence-electron chi connectivity index (χ1n) is 4.36. The smallest absolute Gasteiger partial charge is 0.185 e. The summed E-state index contributed by atoms with van der Waals surface area (Å²) in [5.74, 6) is 0.147. The van der Waals surface area contributed by atoms with Crippen LogP contribution >= 0.6 is 35.3 Å². The summed E-state index contributed by atoms with van der Waals surface area (Å²) >= 11 is 1.72. The second-order valence-corrected chi connectivity index (χ2v) is 4.24. The Morgan fingerprint density at radius 1 is 1.53 bits per heavy atom. The topological polar surface area (TPSA) is 67.6 Å². The average molecular weight is 340 g/mol. The minimum atomic E-state index is 0. The second kappa shape index (κ2) is 7.02. The van der Waals surface area contributed by atoms with Crippen molar-refractivity contribution in [3.05, 3.63) is 22.4 Å². The van der Waals surface area contributed by atoms with Crippen LogP contribution in [0.5, 0.6) is 0 Å². The van der Waals surface area contributed by atoms with Crippen molar-refractivity contribution in [2.24, 2.45) is 16.5 Å². The van der Waals surface area contributed by atoms with Crippen LogP contribution in [-0.4, -0.2) is 31.5 Å². The van der Waals surface area contributed by atoms with Crippen LogP contribution in [0.4, 0.5) is 0 Å². The number of thiophene rings is 1. The third-order valence-corrected chi connectivity index (χ3v) is 2.92. The molecule has 1 aromatic rings. The number of aliphatic imine (C=N–C) groups is 1. The fraction of sp³-hybridized carbons (Fsp3) is 0.444. The molecule has 4 N–H and O–H groups in total. The van der Waals surface area contributed by atoms with Gasteiger partial charge in [-0.05, 0) is 25.5 Å². The van der Waals surface area contributed by atoms with Crippen molar-refractivity contribution in [3.63, 3.8) is 0 Å². The molecule has 0 spiro atoms. The number of likely N-dealkylation sites (N-methyl/N-ethyl adjacent to an activating group) is 1. The fourth-order valence-corrected chi connectivity index (χ4v) is 2.09. The maximum atomic E-state index is 5.31. The molecule has 0 aliphatic heterocycles. The predicted octanol–water partition coefficient (Wildman–Crippen LogP) is 1.24. The Kier molecular flexibility index (Phi) is 6.86. The van der Waals surface area contributed by atoms with E-state index in [-0.39, 0.29) is 36.0 Å². The molecule has 1 unspecified atom stereocenters. The first kappa shape index (κ1) is 14.7. The van der Waals surface area contributed by atoms with Crippen molar-refractivity contribution >= 4 is 41.3 Å². The van der Waals surface area contributed by atoms with Crippen molar-refractivity contribution in [1.29, 1.82) is 0 Å². The molecule has 0 saturated heterocycles. The summed E-state index contributed by atoms with van der Waals surface area (Å²) in [6.07, 6.45) is 0. The highest BCUT2D eigenvalue weighted by Crippen LogP contribution is 2.23. The molecule has 0 bridgehead atoms. The lowest BCUT2D eigenvalue weighted by molar-refractivity contribution is 0.311. The van der Waals surface area contributed by atoms with Crippen molar-refractivity contribution in [3.8, 4) is 0 Å². The fourth-order valence-electron chi connectivity index (χ4n) is 1.18. The third kappa shape index (κ3) is 4.80. The molecule has 6 heteroatoms. The molecular formula is C9H17IN4S. The average Bonchev–Trinajstić information content (AvgIpc) is 2.56. The van der Waals surface area contributed by atoms with E-state index in [9.17, 15) is 0 Å². The van der Waals surface area contributed by atoms with Gasteiger partial charge in [-0.25, -0.2) is 0 Å². The van der Waals surface area contributed by atoms with Crippen molar-refractivity contribution < 1.29 is 0 Å². The summed E-state index contributed by atoms with van der Waals surface area (Å²) in [5.41, 5.74) is 10.6. The molecule has 0 aliphatic rings. The highest BCUT2D eigenvalue weighted by molar-refractivity contribution is 14.0. The first-order valence-corrected chi connectivity index (χ1v) is 5.24. The number of hydrogen-bond acceptors (Lipinski definition) is 3. The van der Waals surface area contributed by atoms with Crippen molar-refractivity contribution in [2.75, 3.05) is 20.6 Å². The van der Waals surface area contributed by atoms with Gasteiger partial charge in [0.2, 0.25) is 0 Å². The van der Waals surface area contributed by atoms with Gasteiger partial charge in [0.15, 0.2) is 5.96 Å². The maximum Gasteiger partial charge on any atom is 0.185 e. The lowest BCUT2D eigenvalue weighted by Gasteiger charge is -2.21. The second-order valence-electron chi connectivity index (χ2n) is 3.26. The Morgan fingerprint density at radius 2 is 2.20 bits per heavy atom. The van der Waals surface area contributed by atoms with Crippen molar-refractivity contribution in [1.82, 2.24) is 4.90 Å². The summed E-state index contributed by atoms with van der Waals surface area (Å²) in [6.45, 7) is 0.607. The summed E-state index contributed by atoms with van der Waals surface area (Å²) in [7, 11) is 4.04. The molecule has 0 aliphatic carbocycles. The van der Waals surface area contributed by atoms with Gasteiger partial charge in [-0.1, -0.05) is 6.07 Å². The quantitative estimate of drug-likeness (QED) is 0.492. The zero-order valence-electron chi connectivity index (χ0n) is 8.88. The van der Waals surface area contributed by atoms with E-state index >= 15 is 0 Å². The standard InChI is InChI=1S/C9H16N4S.HI/c1-13(2)7(6-12-9(10)11)8-4-3-5-14-8;/h3-5,7H,6H2,1-2H3,(H4,10,11,12);1H. The number of nitrogens with zero attached hydrogens (tertiary/aromatic N) is 2. The van der Waals surface area contributed by atoms with Crippen LogP contribution in [0.3, 0.4) is 0 Å². The molecule has 1 aromatic heterocycles. The van der Waals surface area contributed by atoms with Crippen LogP contribution in [0.1, 0.15) is 10.9 Å². The van der Waals surface area contributed by atoms with Gasteiger partial charge in [-0.3, -0.25) is 4.99 Å². The SMILES string of the molecule is CN(C)C(CN=C(N)N)c1cccs1.I. The van der Waals surface area contributed by atoms with E-state index in [2.05, 4.69) is 21.3 Å². The largest absolute Gasteiger partial charge is 0.370 e. The van der Waals surface area contributed by atoms with E-state index in [1.165, 1.54) is 4.88 Å². The lowest BCUT2D eigenvalue weighted by atomic mass is 10.2. The molecule has 86 valence electrons. The van der Waals surface area contributed by atoms with Gasteiger partial charge in [-0.2, -0.15) is 0 Å². The minimum absolute atomic E-state index is 0. The Labute approximate surface area is 111 Å². The van der Waals surface area contributed by atoms with Gasteiger partial charge >= 0.3 is 0 Å². The number of hydrogen-bond donors (Lipinski definition) is 2. The normalized spacial score (nSPS) is 11.9. The molecular weight excluding hydrogens is 323 g/mol. The van der Waals surface area contributed by atoms with E-state index in [0.29, 0.717) is 6.54 Å². The lowest BCUT2D eigenvalue weighted by Crippen LogP contribution is -2.27. The van der Waals surface area contributed by atoms with Crippen LogP contribution in [0, 0.1) is 0 Å². The molecule has 0 aromatic carbocycles. The maximum absolute atomic E-state index is 5.31. The van der Waals surface area contributed by atoms with Gasteiger partial charge in [-0.15, -0.1) is 35.3 Å². The Hall–Kier alpha value is -0.340. The van der Waals surface area contributed by atoms with Crippen molar-refractivity contribution in [2.45, 2.75) is 6.04 Å². The zero-order valence-corrected chi connectivity index (χ0v) is 12.0. The van der Waals surface area contributed by atoms with Gasteiger partial charge in [0, 0.05) is 4.88 Å². The summed E-state index contributed by atoms with van der Waals surface area (Å²) in [4.78, 5) is 7.43. The molecule has 0 radical (unpaired) electrons.